The molecule has 0 aliphatic rings. The van der Waals surface area contributed by atoms with Gasteiger partial charge in [0.15, 0.2) is 0 Å². The van der Waals surface area contributed by atoms with Crippen molar-refractivity contribution in [1.82, 2.24) is 24.7 Å². The van der Waals surface area contributed by atoms with Gasteiger partial charge in [-0.3, -0.25) is 9.59 Å². The molecular formula is C17H19N5O2. The van der Waals surface area contributed by atoms with Crippen molar-refractivity contribution in [2.75, 3.05) is 6.54 Å². The average Bonchev–Trinajstić information content (AvgIpc) is 3.04. The van der Waals surface area contributed by atoms with Gasteiger partial charge in [0.25, 0.3) is 5.56 Å². The van der Waals surface area contributed by atoms with E-state index in [1.807, 2.05) is 37.3 Å². The number of amides is 1. The number of carbonyl (C=O) groups is 1. The highest BCUT2D eigenvalue weighted by atomic mass is 16.2. The first kappa shape index (κ1) is 15.9. The summed E-state index contributed by atoms with van der Waals surface area (Å²) in [5.41, 5.74) is 1.70. The molecule has 0 fully saturated rings. The molecule has 0 saturated heterocycles. The summed E-state index contributed by atoms with van der Waals surface area (Å²) in [5.74, 6) is 0.327. The molecule has 2 aromatic heterocycles. The van der Waals surface area contributed by atoms with Crippen LogP contribution in [0.4, 0.5) is 0 Å². The predicted octanol–water partition coefficient (Wildman–Crippen LogP) is 1.39. The molecule has 1 aromatic carbocycles. The van der Waals surface area contributed by atoms with Gasteiger partial charge in [-0.2, -0.15) is 10.2 Å². The molecule has 2 heterocycles. The molecule has 0 aliphatic carbocycles. The zero-order valence-corrected chi connectivity index (χ0v) is 13.7. The fourth-order valence-electron chi connectivity index (χ4n) is 2.49. The van der Waals surface area contributed by atoms with Crippen molar-refractivity contribution >= 4 is 11.4 Å². The number of carbonyl (C=O) groups excluding carboxylic acids is 1. The van der Waals surface area contributed by atoms with Crippen LogP contribution in [0.5, 0.6) is 0 Å². The van der Waals surface area contributed by atoms with Gasteiger partial charge in [-0.1, -0.05) is 37.3 Å². The lowest BCUT2D eigenvalue weighted by atomic mass is 10.1. The van der Waals surface area contributed by atoms with Crippen molar-refractivity contribution in [2.45, 2.75) is 26.8 Å². The smallest absolute Gasteiger partial charge is 0.293 e. The maximum atomic E-state index is 12.6. The number of aromatic nitrogens is 4. The second-order valence-corrected chi connectivity index (χ2v) is 5.55. The van der Waals surface area contributed by atoms with Crippen LogP contribution in [0.3, 0.4) is 0 Å². The molecule has 7 heteroatoms. The van der Waals surface area contributed by atoms with Gasteiger partial charge >= 0.3 is 0 Å². The third kappa shape index (κ3) is 3.05. The van der Waals surface area contributed by atoms with Gasteiger partial charge in [-0.15, -0.1) is 0 Å². The SMILES string of the molecule is CCCNC(=O)Cn1nc(C)n2nc(-c3ccccc3)cc2c1=O. The van der Waals surface area contributed by atoms with Gasteiger partial charge in [0.05, 0.1) is 5.69 Å². The highest BCUT2D eigenvalue weighted by Crippen LogP contribution is 2.18. The summed E-state index contributed by atoms with van der Waals surface area (Å²) in [7, 11) is 0. The van der Waals surface area contributed by atoms with Gasteiger partial charge in [0.2, 0.25) is 5.91 Å². The minimum Gasteiger partial charge on any atom is -0.355 e. The van der Waals surface area contributed by atoms with E-state index < -0.39 is 0 Å². The summed E-state index contributed by atoms with van der Waals surface area (Å²) >= 11 is 0. The van der Waals surface area contributed by atoms with Crippen LogP contribution in [0.25, 0.3) is 16.8 Å². The Kier molecular flexibility index (Phi) is 4.41. The molecule has 0 unspecified atom stereocenters. The summed E-state index contributed by atoms with van der Waals surface area (Å²) < 4.78 is 2.71. The number of aryl methyl sites for hydroxylation is 1. The second kappa shape index (κ2) is 6.66. The molecule has 1 N–H and O–H groups in total. The average molecular weight is 325 g/mol. The second-order valence-electron chi connectivity index (χ2n) is 5.55. The fourth-order valence-corrected chi connectivity index (χ4v) is 2.49. The number of fused-ring (bicyclic) bond motifs is 1. The number of hydrogen-bond donors (Lipinski definition) is 1. The van der Waals surface area contributed by atoms with Crippen molar-refractivity contribution in [3.8, 4) is 11.3 Å². The molecule has 124 valence electrons. The van der Waals surface area contributed by atoms with Crippen LogP contribution in [0.2, 0.25) is 0 Å². The lowest BCUT2D eigenvalue weighted by molar-refractivity contribution is -0.121. The van der Waals surface area contributed by atoms with Crippen LogP contribution in [0, 0.1) is 6.92 Å². The summed E-state index contributed by atoms with van der Waals surface area (Å²) in [6.07, 6.45) is 0.842. The Bertz CT molecular complexity index is 927. The quantitative estimate of drug-likeness (QED) is 0.769. The van der Waals surface area contributed by atoms with Crippen LogP contribution < -0.4 is 10.9 Å². The normalized spacial score (nSPS) is 10.9. The molecule has 7 nitrogen and oxygen atoms in total. The van der Waals surface area contributed by atoms with E-state index in [4.69, 9.17) is 0 Å². The van der Waals surface area contributed by atoms with Gasteiger partial charge in [-0.05, 0) is 19.4 Å². The Morgan fingerprint density at radius 2 is 1.96 bits per heavy atom. The minimum absolute atomic E-state index is 0.0952. The van der Waals surface area contributed by atoms with Gasteiger partial charge in [0.1, 0.15) is 17.9 Å². The standard InChI is InChI=1S/C17H19N5O2/c1-3-9-18-16(23)11-21-17(24)15-10-14(13-7-5-4-6-8-13)20-22(15)12(2)19-21/h4-8,10H,3,9,11H2,1-2H3,(H,18,23). The van der Waals surface area contributed by atoms with E-state index in [0.29, 0.717) is 23.6 Å². The molecule has 3 aromatic rings. The Morgan fingerprint density at radius 3 is 2.67 bits per heavy atom. The minimum atomic E-state index is -0.332. The molecule has 1 amide bonds. The molecule has 24 heavy (non-hydrogen) atoms. The van der Waals surface area contributed by atoms with E-state index in [2.05, 4.69) is 15.5 Å². The molecule has 0 bridgehead atoms. The van der Waals surface area contributed by atoms with Crippen LogP contribution >= 0.6 is 0 Å². The number of hydrogen-bond acceptors (Lipinski definition) is 4. The summed E-state index contributed by atoms with van der Waals surface area (Å²) in [6, 6.07) is 11.4. The van der Waals surface area contributed by atoms with E-state index in [9.17, 15) is 9.59 Å². The summed E-state index contributed by atoms with van der Waals surface area (Å²) in [6.45, 7) is 4.22. The third-order valence-electron chi connectivity index (χ3n) is 3.67. The topological polar surface area (TPSA) is 81.3 Å². The third-order valence-corrected chi connectivity index (χ3v) is 3.67. The van der Waals surface area contributed by atoms with Crippen molar-refractivity contribution in [2.24, 2.45) is 0 Å². The van der Waals surface area contributed by atoms with Crippen LogP contribution in [-0.4, -0.2) is 31.8 Å². The largest absolute Gasteiger partial charge is 0.355 e. The molecule has 0 radical (unpaired) electrons. The summed E-state index contributed by atoms with van der Waals surface area (Å²) in [4.78, 5) is 24.5. The number of benzene rings is 1. The molecule has 3 rings (SSSR count). The first-order chi connectivity index (χ1) is 11.6. The number of nitrogens with zero attached hydrogens (tertiary/aromatic N) is 4. The van der Waals surface area contributed by atoms with Crippen LogP contribution in [0.1, 0.15) is 19.2 Å². The lowest BCUT2D eigenvalue weighted by Crippen LogP contribution is -2.35. The van der Waals surface area contributed by atoms with Crippen LogP contribution in [0.15, 0.2) is 41.2 Å². The Balaban J connectivity index is 2.01. The van der Waals surface area contributed by atoms with E-state index >= 15 is 0 Å². The fraction of sp³-hybridized carbons (Fsp3) is 0.294. The zero-order chi connectivity index (χ0) is 17.1. The van der Waals surface area contributed by atoms with Gasteiger partial charge in [-0.25, -0.2) is 9.20 Å². The first-order valence-corrected chi connectivity index (χ1v) is 7.89. The Morgan fingerprint density at radius 1 is 1.21 bits per heavy atom. The van der Waals surface area contributed by atoms with Crippen LogP contribution in [-0.2, 0) is 11.3 Å². The molecule has 0 atom stereocenters. The summed E-state index contributed by atoms with van der Waals surface area (Å²) in [5, 5.41) is 11.4. The lowest BCUT2D eigenvalue weighted by Gasteiger charge is -2.07. The van der Waals surface area contributed by atoms with E-state index in [0.717, 1.165) is 12.0 Å². The van der Waals surface area contributed by atoms with E-state index in [-0.39, 0.29) is 18.0 Å². The Labute approximate surface area is 138 Å². The molecular weight excluding hydrogens is 306 g/mol. The molecule has 0 spiro atoms. The molecule has 0 saturated carbocycles. The van der Waals surface area contributed by atoms with E-state index in [1.165, 1.54) is 9.20 Å². The Hall–Kier alpha value is -2.96. The monoisotopic (exact) mass is 325 g/mol. The molecule has 0 aliphatic heterocycles. The van der Waals surface area contributed by atoms with Gasteiger partial charge in [0, 0.05) is 12.1 Å². The van der Waals surface area contributed by atoms with Crippen molar-refractivity contribution < 1.29 is 4.79 Å². The predicted molar refractivity (Wildman–Crippen MR) is 90.7 cm³/mol. The van der Waals surface area contributed by atoms with Crippen molar-refractivity contribution in [3.63, 3.8) is 0 Å². The zero-order valence-electron chi connectivity index (χ0n) is 13.7. The maximum absolute atomic E-state index is 12.6. The highest BCUT2D eigenvalue weighted by molar-refractivity contribution is 5.75. The van der Waals surface area contributed by atoms with Crippen molar-refractivity contribution in [3.05, 3.63) is 52.6 Å². The number of rotatable bonds is 5. The van der Waals surface area contributed by atoms with Gasteiger partial charge < -0.3 is 5.32 Å². The van der Waals surface area contributed by atoms with E-state index in [1.54, 1.807) is 13.0 Å². The first-order valence-electron chi connectivity index (χ1n) is 7.89. The maximum Gasteiger partial charge on any atom is 0.293 e. The van der Waals surface area contributed by atoms with Crippen molar-refractivity contribution in [1.29, 1.82) is 0 Å². The highest BCUT2D eigenvalue weighted by Gasteiger charge is 2.14. The number of nitrogens with one attached hydrogen (secondary N) is 1.